The monoisotopic (exact) mass is 209 g/mol. The molecule has 1 aliphatic heterocycles. The molecular formula is C9H15N5O. The Morgan fingerprint density at radius 1 is 1.53 bits per heavy atom. The van der Waals surface area contributed by atoms with Crippen LogP contribution in [-0.2, 0) is 0 Å². The maximum absolute atomic E-state index is 5.84. The second-order valence-electron chi connectivity index (χ2n) is 3.79. The van der Waals surface area contributed by atoms with Crippen LogP contribution in [0, 0.1) is 5.92 Å². The van der Waals surface area contributed by atoms with Crippen LogP contribution >= 0.6 is 0 Å². The van der Waals surface area contributed by atoms with E-state index in [9.17, 15) is 0 Å². The van der Waals surface area contributed by atoms with E-state index in [0.717, 1.165) is 0 Å². The van der Waals surface area contributed by atoms with Gasteiger partial charge >= 0.3 is 0 Å². The van der Waals surface area contributed by atoms with Crippen LogP contribution in [0.25, 0.3) is 0 Å². The number of hydrogen-bond donors (Lipinski definition) is 1. The lowest BCUT2D eigenvalue weighted by Gasteiger charge is -2.10. The van der Waals surface area contributed by atoms with E-state index in [-0.39, 0.29) is 6.17 Å². The van der Waals surface area contributed by atoms with Crippen LogP contribution in [0.3, 0.4) is 0 Å². The number of ether oxygens (including phenoxy) is 1. The molecule has 0 aromatic carbocycles. The van der Waals surface area contributed by atoms with Gasteiger partial charge in [0.1, 0.15) is 5.69 Å². The molecule has 2 heterocycles. The van der Waals surface area contributed by atoms with Crippen molar-refractivity contribution in [2.24, 2.45) is 16.1 Å². The summed E-state index contributed by atoms with van der Waals surface area (Å²) < 4.78 is 7.03. The van der Waals surface area contributed by atoms with E-state index in [2.05, 4.69) is 29.2 Å². The van der Waals surface area contributed by atoms with Crippen LogP contribution in [-0.4, -0.2) is 16.4 Å². The van der Waals surface area contributed by atoms with Crippen LogP contribution in [0.15, 0.2) is 10.2 Å². The number of rotatable bonds is 3. The molecule has 6 nitrogen and oxygen atoms in total. The molecule has 1 unspecified atom stereocenters. The van der Waals surface area contributed by atoms with Gasteiger partial charge in [-0.25, -0.2) is 4.68 Å². The first-order valence-electron chi connectivity index (χ1n) is 5.06. The second-order valence-corrected chi connectivity index (χ2v) is 3.79. The first-order chi connectivity index (χ1) is 7.15. The zero-order valence-corrected chi connectivity index (χ0v) is 9.14. The minimum Gasteiger partial charge on any atom is -0.475 e. The van der Waals surface area contributed by atoms with Gasteiger partial charge in [0.15, 0.2) is 6.17 Å². The lowest BCUT2D eigenvalue weighted by Crippen LogP contribution is -2.10. The highest BCUT2D eigenvalue weighted by molar-refractivity contribution is 5.65. The van der Waals surface area contributed by atoms with Crippen molar-refractivity contribution in [3.05, 3.63) is 0 Å². The lowest BCUT2D eigenvalue weighted by atomic mass is 10.2. The second kappa shape index (κ2) is 3.52. The first-order valence-corrected chi connectivity index (χ1v) is 5.06. The van der Waals surface area contributed by atoms with Gasteiger partial charge in [-0.1, -0.05) is 13.8 Å². The van der Waals surface area contributed by atoms with Crippen LogP contribution in [0.1, 0.15) is 26.9 Å². The summed E-state index contributed by atoms with van der Waals surface area (Å²) in [5.41, 5.74) is 6.32. The molecule has 0 fully saturated rings. The van der Waals surface area contributed by atoms with Crippen molar-refractivity contribution < 1.29 is 4.74 Å². The highest BCUT2D eigenvalue weighted by Crippen LogP contribution is 2.40. The summed E-state index contributed by atoms with van der Waals surface area (Å²) >= 11 is 0. The Balaban J connectivity index is 2.38. The van der Waals surface area contributed by atoms with Crippen LogP contribution < -0.4 is 10.5 Å². The van der Waals surface area contributed by atoms with Crippen LogP contribution in [0.5, 0.6) is 5.88 Å². The molecular weight excluding hydrogens is 194 g/mol. The van der Waals surface area contributed by atoms with Gasteiger partial charge in [0.05, 0.1) is 6.61 Å². The normalized spacial score (nSPS) is 18.5. The zero-order chi connectivity index (χ0) is 11.0. The van der Waals surface area contributed by atoms with Crippen LogP contribution in [0.2, 0.25) is 0 Å². The highest BCUT2D eigenvalue weighted by Gasteiger charge is 2.28. The molecule has 1 aliphatic rings. The van der Waals surface area contributed by atoms with E-state index in [1.165, 1.54) is 0 Å². The minimum absolute atomic E-state index is 0.0588. The molecule has 15 heavy (non-hydrogen) atoms. The maximum atomic E-state index is 5.84. The average Bonchev–Trinajstić information content (AvgIpc) is 2.69. The van der Waals surface area contributed by atoms with E-state index in [0.29, 0.717) is 29.9 Å². The van der Waals surface area contributed by atoms with Gasteiger partial charge in [-0.2, -0.15) is 5.11 Å². The molecule has 1 aromatic heterocycles. The van der Waals surface area contributed by atoms with Crippen molar-refractivity contribution in [1.29, 1.82) is 0 Å². The lowest BCUT2D eigenvalue weighted by molar-refractivity contribution is 0.308. The highest BCUT2D eigenvalue weighted by atomic mass is 16.5. The standard InChI is InChI=1S/C9H15N5O/c1-4-15-9-6(10)8-12-11-7(5(2)3)14(8)13-9/h5,7H,4,10H2,1-3H3. The Morgan fingerprint density at radius 3 is 2.87 bits per heavy atom. The van der Waals surface area contributed by atoms with Crippen molar-refractivity contribution in [1.82, 2.24) is 9.78 Å². The predicted octanol–water partition coefficient (Wildman–Crippen LogP) is 2.12. The molecule has 0 spiro atoms. The molecule has 0 radical (unpaired) electrons. The van der Waals surface area contributed by atoms with Crippen molar-refractivity contribution in [3.63, 3.8) is 0 Å². The van der Waals surface area contributed by atoms with Gasteiger partial charge in [0, 0.05) is 0 Å². The molecule has 0 saturated heterocycles. The molecule has 2 rings (SSSR count). The fourth-order valence-electron chi connectivity index (χ4n) is 1.52. The summed E-state index contributed by atoms with van der Waals surface area (Å²) in [4.78, 5) is 0. The van der Waals surface area contributed by atoms with Gasteiger partial charge in [-0.05, 0) is 12.8 Å². The predicted molar refractivity (Wildman–Crippen MR) is 56.2 cm³/mol. The molecule has 82 valence electrons. The van der Waals surface area contributed by atoms with Gasteiger partial charge in [0.2, 0.25) is 5.82 Å². The minimum atomic E-state index is -0.0588. The third-order valence-corrected chi connectivity index (χ3v) is 2.29. The average molecular weight is 209 g/mol. The zero-order valence-electron chi connectivity index (χ0n) is 9.14. The number of nitrogen functional groups attached to an aromatic ring is 1. The summed E-state index contributed by atoms with van der Waals surface area (Å²) in [5, 5.41) is 12.4. The van der Waals surface area contributed by atoms with Crippen molar-refractivity contribution >= 4 is 11.5 Å². The van der Waals surface area contributed by atoms with Crippen molar-refractivity contribution in [3.8, 4) is 5.88 Å². The molecule has 0 amide bonds. The SMILES string of the molecule is CCOc1nn2c(c1N)N=NC2C(C)C. The van der Waals surface area contributed by atoms with Crippen molar-refractivity contribution in [2.45, 2.75) is 26.9 Å². The maximum Gasteiger partial charge on any atom is 0.258 e. The Labute approximate surface area is 88.1 Å². The first kappa shape index (κ1) is 9.95. The quantitative estimate of drug-likeness (QED) is 0.828. The summed E-state index contributed by atoms with van der Waals surface area (Å²) in [6.45, 7) is 6.57. The number of hydrogen-bond acceptors (Lipinski definition) is 5. The molecule has 6 heteroatoms. The summed E-state index contributed by atoms with van der Waals surface area (Å²) in [6.07, 6.45) is -0.0588. The van der Waals surface area contributed by atoms with Gasteiger partial charge in [0.25, 0.3) is 5.88 Å². The Hall–Kier alpha value is -1.59. The Bertz CT molecular complexity index is 395. The number of anilines is 1. The molecule has 1 atom stereocenters. The van der Waals surface area contributed by atoms with E-state index in [1.54, 1.807) is 4.68 Å². The fraction of sp³-hybridized carbons (Fsp3) is 0.667. The fourth-order valence-corrected chi connectivity index (χ4v) is 1.52. The third-order valence-electron chi connectivity index (χ3n) is 2.29. The topological polar surface area (TPSA) is 77.8 Å². The van der Waals surface area contributed by atoms with Gasteiger partial charge < -0.3 is 10.5 Å². The number of nitrogens with two attached hydrogens (primary N) is 1. The smallest absolute Gasteiger partial charge is 0.258 e. The molecule has 0 bridgehead atoms. The van der Waals surface area contributed by atoms with Crippen molar-refractivity contribution in [2.75, 3.05) is 12.3 Å². The Kier molecular flexibility index (Phi) is 2.34. The number of aromatic nitrogens is 2. The largest absolute Gasteiger partial charge is 0.475 e. The summed E-state index contributed by atoms with van der Waals surface area (Å²) in [7, 11) is 0. The molecule has 1 aromatic rings. The number of azo groups is 1. The van der Waals surface area contributed by atoms with E-state index < -0.39 is 0 Å². The molecule has 0 aliphatic carbocycles. The molecule has 0 saturated carbocycles. The molecule has 2 N–H and O–H groups in total. The van der Waals surface area contributed by atoms with Gasteiger partial charge in [-0.15, -0.1) is 10.2 Å². The third kappa shape index (κ3) is 1.45. The number of nitrogens with zero attached hydrogens (tertiary/aromatic N) is 4. The summed E-state index contributed by atoms with van der Waals surface area (Å²) in [6, 6.07) is 0. The number of fused-ring (bicyclic) bond motifs is 1. The van der Waals surface area contributed by atoms with E-state index in [1.807, 2.05) is 6.92 Å². The summed E-state index contributed by atoms with van der Waals surface area (Å²) in [5.74, 6) is 1.40. The van der Waals surface area contributed by atoms with E-state index >= 15 is 0 Å². The van der Waals surface area contributed by atoms with E-state index in [4.69, 9.17) is 10.5 Å². The van der Waals surface area contributed by atoms with Gasteiger partial charge in [-0.3, -0.25) is 0 Å². The van der Waals surface area contributed by atoms with Crippen LogP contribution in [0.4, 0.5) is 11.5 Å². The Morgan fingerprint density at radius 2 is 2.27 bits per heavy atom.